The van der Waals surface area contributed by atoms with Crippen molar-refractivity contribution < 1.29 is 9.53 Å². The Balaban J connectivity index is 1.06. The Kier molecular flexibility index (Phi) is 8.34. The smallest absolute Gasteiger partial charge is 0.242 e. The molecule has 6 nitrogen and oxygen atoms in total. The molecule has 2 aliphatic heterocycles. The summed E-state index contributed by atoms with van der Waals surface area (Å²) in [5.41, 5.74) is 2.78. The first-order chi connectivity index (χ1) is 17.7. The van der Waals surface area contributed by atoms with Gasteiger partial charge in [-0.05, 0) is 74.4 Å². The van der Waals surface area contributed by atoms with E-state index in [1.165, 1.54) is 30.4 Å². The zero-order chi connectivity index (χ0) is 24.6. The maximum atomic E-state index is 12.7. The zero-order valence-corrected chi connectivity index (χ0v) is 21.2. The second-order valence-electron chi connectivity index (χ2n) is 10.5. The van der Waals surface area contributed by atoms with Crippen LogP contribution in [0.1, 0.15) is 36.8 Å². The molecule has 36 heavy (non-hydrogen) atoms. The predicted molar refractivity (Wildman–Crippen MR) is 142 cm³/mol. The zero-order valence-electron chi connectivity index (χ0n) is 21.2. The molecule has 2 aliphatic rings. The Labute approximate surface area is 214 Å². The van der Waals surface area contributed by atoms with Crippen molar-refractivity contribution in [2.24, 2.45) is 11.8 Å². The molecule has 3 aromatic rings. The van der Waals surface area contributed by atoms with Gasteiger partial charge in [-0.15, -0.1) is 0 Å². The highest BCUT2D eigenvalue weighted by Crippen LogP contribution is 2.24. The second kappa shape index (κ2) is 12.2. The third-order valence-electron chi connectivity index (χ3n) is 7.61. The van der Waals surface area contributed by atoms with Crippen molar-refractivity contribution in [1.29, 1.82) is 0 Å². The van der Waals surface area contributed by atoms with Crippen LogP contribution in [0.5, 0.6) is 5.75 Å². The van der Waals surface area contributed by atoms with Crippen molar-refractivity contribution in [1.82, 2.24) is 19.4 Å². The topological polar surface area (TPSA) is 50.6 Å². The highest BCUT2D eigenvalue weighted by atomic mass is 16.5. The van der Waals surface area contributed by atoms with Crippen LogP contribution in [0.2, 0.25) is 0 Å². The summed E-state index contributed by atoms with van der Waals surface area (Å²) < 4.78 is 8.05. The average Bonchev–Trinajstić information content (AvgIpc) is 3.43. The van der Waals surface area contributed by atoms with Crippen LogP contribution < -0.4 is 4.74 Å². The van der Waals surface area contributed by atoms with E-state index in [1.54, 1.807) is 12.5 Å². The van der Waals surface area contributed by atoms with Gasteiger partial charge in [0.25, 0.3) is 0 Å². The first-order valence-electron chi connectivity index (χ1n) is 13.4. The highest BCUT2D eigenvalue weighted by molar-refractivity contribution is 5.76. The van der Waals surface area contributed by atoms with Gasteiger partial charge in [-0.3, -0.25) is 9.69 Å². The van der Waals surface area contributed by atoms with E-state index in [-0.39, 0.29) is 5.91 Å². The maximum absolute atomic E-state index is 12.7. The first kappa shape index (κ1) is 24.6. The number of piperidine rings is 2. The lowest BCUT2D eigenvalue weighted by Crippen LogP contribution is -2.42. The summed E-state index contributed by atoms with van der Waals surface area (Å²) in [7, 11) is 0. The number of nitrogens with zero attached hydrogens (tertiary/aromatic N) is 4. The molecule has 2 aromatic carbocycles. The van der Waals surface area contributed by atoms with Gasteiger partial charge in [-0.1, -0.05) is 42.5 Å². The van der Waals surface area contributed by atoms with Gasteiger partial charge in [0.2, 0.25) is 5.91 Å². The van der Waals surface area contributed by atoms with Crippen LogP contribution in [0.3, 0.4) is 0 Å². The number of ether oxygens (including phenoxy) is 1. The quantitative estimate of drug-likeness (QED) is 0.442. The van der Waals surface area contributed by atoms with Crippen LogP contribution in [-0.2, 0) is 24.3 Å². The van der Waals surface area contributed by atoms with Crippen molar-refractivity contribution in [3.63, 3.8) is 0 Å². The number of hydrogen-bond acceptors (Lipinski definition) is 4. The summed E-state index contributed by atoms with van der Waals surface area (Å²) in [6.07, 6.45) is 11.1. The van der Waals surface area contributed by atoms with Gasteiger partial charge < -0.3 is 14.2 Å². The third kappa shape index (κ3) is 6.97. The molecule has 1 unspecified atom stereocenters. The van der Waals surface area contributed by atoms with Crippen LogP contribution in [-0.4, -0.2) is 58.0 Å². The molecule has 0 saturated carbocycles. The fourth-order valence-corrected chi connectivity index (χ4v) is 5.57. The fourth-order valence-electron chi connectivity index (χ4n) is 5.57. The Morgan fingerprint density at radius 1 is 0.944 bits per heavy atom. The number of likely N-dealkylation sites (tertiary alicyclic amines) is 2. The maximum Gasteiger partial charge on any atom is 0.242 e. The van der Waals surface area contributed by atoms with E-state index >= 15 is 0 Å². The molecule has 0 bridgehead atoms. The van der Waals surface area contributed by atoms with Crippen molar-refractivity contribution in [2.45, 2.75) is 45.2 Å². The standard InChI is InChI=1S/C30H38N4O2/c35-30(22-33-17-13-31-24-33)34-14-5-9-28(21-34)23-36-29-10-4-8-27(19-29)20-32-15-11-26(12-16-32)18-25-6-2-1-3-7-25/h1-4,6-8,10,13,17,19,24,26,28H,5,9,11-12,14-16,18,20-23H2. The fraction of sp³-hybridized carbons (Fsp3) is 0.467. The van der Waals surface area contributed by atoms with Crippen LogP contribution in [0.25, 0.3) is 0 Å². The van der Waals surface area contributed by atoms with E-state index < -0.39 is 0 Å². The van der Waals surface area contributed by atoms with E-state index in [0.717, 1.165) is 57.2 Å². The summed E-state index contributed by atoms with van der Waals surface area (Å²) >= 11 is 0. The number of amides is 1. The highest BCUT2D eigenvalue weighted by Gasteiger charge is 2.24. The number of imidazole rings is 1. The Morgan fingerprint density at radius 3 is 2.58 bits per heavy atom. The molecule has 3 heterocycles. The Bertz CT molecular complexity index is 1080. The number of carbonyl (C=O) groups excluding carboxylic acids is 1. The monoisotopic (exact) mass is 486 g/mol. The van der Waals surface area contributed by atoms with E-state index in [4.69, 9.17) is 4.74 Å². The summed E-state index contributed by atoms with van der Waals surface area (Å²) in [4.78, 5) is 21.2. The minimum Gasteiger partial charge on any atom is -0.493 e. The first-order valence-corrected chi connectivity index (χ1v) is 13.4. The molecular formula is C30H38N4O2. The lowest BCUT2D eigenvalue weighted by Gasteiger charge is -2.33. The van der Waals surface area contributed by atoms with Gasteiger partial charge in [0.05, 0.1) is 12.9 Å². The lowest BCUT2D eigenvalue weighted by molar-refractivity contribution is -0.133. The molecule has 0 N–H and O–H groups in total. The van der Waals surface area contributed by atoms with E-state index in [2.05, 4.69) is 64.5 Å². The Morgan fingerprint density at radius 2 is 1.78 bits per heavy atom. The summed E-state index contributed by atoms with van der Waals surface area (Å²) in [6.45, 7) is 5.92. The van der Waals surface area contributed by atoms with Crippen molar-refractivity contribution in [2.75, 3.05) is 32.8 Å². The van der Waals surface area contributed by atoms with Crippen LogP contribution in [0.15, 0.2) is 73.3 Å². The lowest BCUT2D eigenvalue weighted by atomic mass is 9.90. The normalized spacial score (nSPS) is 19.3. The third-order valence-corrected chi connectivity index (χ3v) is 7.61. The van der Waals surface area contributed by atoms with Gasteiger partial charge in [-0.2, -0.15) is 0 Å². The average molecular weight is 487 g/mol. The van der Waals surface area contributed by atoms with Gasteiger partial charge in [0, 0.05) is 37.9 Å². The molecule has 1 atom stereocenters. The van der Waals surface area contributed by atoms with Crippen LogP contribution in [0, 0.1) is 11.8 Å². The molecular weight excluding hydrogens is 448 g/mol. The molecule has 0 spiro atoms. The van der Waals surface area contributed by atoms with Crippen molar-refractivity contribution >= 4 is 5.91 Å². The van der Waals surface area contributed by atoms with Gasteiger partial charge in [0.1, 0.15) is 12.3 Å². The Hall–Kier alpha value is -3.12. The van der Waals surface area contributed by atoms with E-state index in [0.29, 0.717) is 19.1 Å². The summed E-state index contributed by atoms with van der Waals surface area (Å²) in [5.74, 6) is 2.26. The van der Waals surface area contributed by atoms with Crippen molar-refractivity contribution in [3.05, 3.63) is 84.4 Å². The number of aromatic nitrogens is 2. The minimum absolute atomic E-state index is 0.159. The van der Waals surface area contributed by atoms with Crippen LogP contribution in [0.4, 0.5) is 0 Å². The molecule has 0 aliphatic carbocycles. The SMILES string of the molecule is O=C(Cn1ccnc1)N1CCCC(COc2cccc(CN3CCC(Cc4ccccc4)CC3)c2)C1. The summed E-state index contributed by atoms with van der Waals surface area (Å²) in [5, 5.41) is 0. The van der Waals surface area contributed by atoms with Gasteiger partial charge >= 0.3 is 0 Å². The van der Waals surface area contributed by atoms with Gasteiger partial charge in [0.15, 0.2) is 0 Å². The minimum atomic E-state index is 0.159. The molecule has 5 rings (SSSR count). The van der Waals surface area contributed by atoms with Crippen LogP contribution >= 0.6 is 0 Å². The molecule has 1 amide bonds. The van der Waals surface area contributed by atoms with Crippen molar-refractivity contribution in [3.8, 4) is 5.75 Å². The number of rotatable bonds is 9. The molecule has 0 radical (unpaired) electrons. The second-order valence-corrected chi connectivity index (χ2v) is 10.5. The molecule has 1 aromatic heterocycles. The molecule has 2 fully saturated rings. The number of benzene rings is 2. The predicted octanol–water partition coefficient (Wildman–Crippen LogP) is 4.66. The number of carbonyl (C=O) groups is 1. The van der Waals surface area contributed by atoms with E-state index in [9.17, 15) is 4.79 Å². The largest absolute Gasteiger partial charge is 0.493 e. The molecule has 2 saturated heterocycles. The molecule has 190 valence electrons. The van der Waals surface area contributed by atoms with Gasteiger partial charge in [-0.25, -0.2) is 4.98 Å². The number of hydrogen-bond donors (Lipinski definition) is 0. The van der Waals surface area contributed by atoms with E-state index in [1.807, 2.05) is 15.7 Å². The summed E-state index contributed by atoms with van der Waals surface area (Å²) in [6, 6.07) is 19.5. The molecule has 6 heteroatoms.